The van der Waals surface area contributed by atoms with Gasteiger partial charge in [0.2, 0.25) is 0 Å². The number of methoxy groups -OCH3 is 2. The first-order valence-electron chi connectivity index (χ1n) is 12.2. The average Bonchev–Trinajstić information content (AvgIpc) is 2.97. The lowest BCUT2D eigenvalue weighted by molar-refractivity contribution is 0.0893. The van der Waals surface area contributed by atoms with Crippen LogP contribution in [0.5, 0.6) is 11.5 Å². The molecule has 1 heterocycles. The van der Waals surface area contributed by atoms with Crippen molar-refractivity contribution in [3.63, 3.8) is 0 Å². The van der Waals surface area contributed by atoms with Crippen LogP contribution in [0.3, 0.4) is 0 Å². The van der Waals surface area contributed by atoms with Crippen LogP contribution in [-0.4, -0.2) is 26.0 Å². The van der Waals surface area contributed by atoms with Crippen LogP contribution in [0.15, 0.2) is 109 Å². The molecule has 0 spiro atoms. The summed E-state index contributed by atoms with van der Waals surface area (Å²) in [6.45, 7) is 0. The number of ether oxygens (including phenoxy) is 2. The van der Waals surface area contributed by atoms with Gasteiger partial charge >= 0.3 is 0 Å². The number of hydrogen-bond acceptors (Lipinski definition) is 5. The van der Waals surface area contributed by atoms with Gasteiger partial charge in [-0.25, -0.2) is 4.90 Å². The highest BCUT2D eigenvalue weighted by atomic mass is 16.5. The first-order valence-corrected chi connectivity index (χ1v) is 12.2. The molecule has 38 heavy (non-hydrogen) atoms. The Morgan fingerprint density at radius 3 is 1.39 bits per heavy atom. The second kappa shape index (κ2) is 9.41. The van der Waals surface area contributed by atoms with Gasteiger partial charge in [-0.3, -0.25) is 9.59 Å². The lowest BCUT2D eigenvalue weighted by Crippen LogP contribution is -2.40. The van der Waals surface area contributed by atoms with E-state index in [1.807, 2.05) is 84.9 Å². The van der Waals surface area contributed by atoms with E-state index >= 15 is 0 Å². The Morgan fingerprint density at radius 2 is 0.974 bits per heavy atom. The first kappa shape index (κ1) is 23.3. The Kier molecular flexibility index (Phi) is 5.77. The number of carbonyl (C=O) groups is 2. The lowest BCUT2D eigenvalue weighted by atomic mass is 9.94. The number of imide groups is 1. The molecule has 0 bridgehead atoms. The third-order valence-corrected chi connectivity index (χ3v) is 6.80. The summed E-state index contributed by atoms with van der Waals surface area (Å²) in [5.41, 5.74) is 4.28. The topological polar surface area (TPSA) is 59.1 Å². The standard InChI is InChI=1S/C32H24N2O4/c1-37-26-17-13-23(14-18-26)33(24-15-19-27(38-2)20-16-24)22-9-11-25(12-10-22)34-31(35)28-7-3-5-21-6-4-8-29(30(21)28)32(34)36/h3-20H,1-2H3. The Balaban J connectivity index is 1.40. The van der Waals surface area contributed by atoms with Crippen molar-refractivity contribution in [1.29, 1.82) is 0 Å². The molecule has 6 heteroatoms. The summed E-state index contributed by atoms with van der Waals surface area (Å²) < 4.78 is 10.7. The third kappa shape index (κ3) is 3.83. The van der Waals surface area contributed by atoms with E-state index < -0.39 is 0 Å². The van der Waals surface area contributed by atoms with Crippen LogP contribution < -0.4 is 19.3 Å². The fourth-order valence-electron chi connectivity index (χ4n) is 4.93. The Morgan fingerprint density at radius 1 is 0.553 bits per heavy atom. The van der Waals surface area contributed by atoms with Crippen LogP contribution in [0, 0.1) is 0 Å². The van der Waals surface area contributed by atoms with Gasteiger partial charge < -0.3 is 14.4 Å². The van der Waals surface area contributed by atoms with Crippen molar-refractivity contribution in [3.8, 4) is 11.5 Å². The quantitative estimate of drug-likeness (QED) is 0.232. The van der Waals surface area contributed by atoms with Crippen molar-refractivity contribution in [3.05, 3.63) is 120 Å². The highest BCUT2D eigenvalue weighted by Gasteiger charge is 2.33. The molecular weight excluding hydrogens is 476 g/mol. The molecule has 0 saturated heterocycles. The van der Waals surface area contributed by atoms with Crippen molar-refractivity contribution >= 4 is 45.3 Å². The number of carbonyl (C=O) groups excluding carboxylic acids is 2. The predicted molar refractivity (Wildman–Crippen MR) is 149 cm³/mol. The van der Waals surface area contributed by atoms with Gasteiger partial charge in [0.1, 0.15) is 11.5 Å². The van der Waals surface area contributed by atoms with E-state index in [1.54, 1.807) is 38.5 Å². The fraction of sp³-hybridized carbons (Fsp3) is 0.0625. The molecule has 0 atom stereocenters. The maximum absolute atomic E-state index is 13.5. The van der Waals surface area contributed by atoms with Crippen molar-refractivity contribution in [2.45, 2.75) is 0 Å². The van der Waals surface area contributed by atoms with E-state index in [2.05, 4.69) is 4.90 Å². The first-order chi connectivity index (χ1) is 18.6. The lowest BCUT2D eigenvalue weighted by Gasteiger charge is -2.29. The molecule has 1 aliphatic heterocycles. The monoisotopic (exact) mass is 500 g/mol. The normalized spacial score (nSPS) is 12.5. The number of rotatable bonds is 6. The Bertz CT molecular complexity index is 1560. The van der Waals surface area contributed by atoms with E-state index in [1.165, 1.54) is 4.90 Å². The second-order valence-corrected chi connectivity index (χ2v) is 8.90. The fourth-order valence-corrected chi connectivity index (χ4v) is 4.93. The molecule has 0 N–H and O–H groups in total. The van der Waals surface area contributed by atoms with Crippen LogP contribution >= 0.6 is 0 Å². The minimum absolute atomic E-state index is 0.325. The number of hydrogen-bond donors (Lipinski definition) is 0. The summed E-state index contributed by atoms with van der Waals surface area (Å²) in [5.74, 6) is 0.871. The molecule has 186 valence electrons. The van der Waals surface area contributed by atoms with Crippen LogP contribution in [-0.2, 0) is 0 Å². The number of benzene rings is 5. The summed E-state index contributed by atoms with van der Waals surface area (Å²) in [7, 11) is 3.27. The van der Waals surface area contributed by atoms with Gasteiger partial charge in [-0.15, -0.1) is 0 Å². The average molecular weight is 501 g/mol. The van der Waals surface area contributed by atoms with Crippen molar-refractivity contribution in [2.24, 2.45) is 0 Å². The maximum Gasteiger partial charge on any atom is 0.265 e. The highest BCUT2D eigenvalue weighted by molar-refractivity contribution is 6.35. The van der Waals surface area contributed by atoms with Gasteiger partial charge in [-0.05, 0) is 90.3 Å². The number of anilines is 4. The van der Waals surface area contributed by atoms with Gasteiger partial charge in [-0.1, -0.05) is 24.3 Å². The van der Waals surface area contributed by atoms with Crippen LogP contribution in [0.25, 0.3) is 10.8 Å². The van der Waals surface area contributed by atoms with E-state index in [0.29, 0.717) is 22.2 Å². The smallest absolute Gasteiger partial charge is 0.265 e. The SMILES string of the molecule is COc1ccc(N(c2ccc(OC)cc2)c2ccc(N3C(=O)c4cccc5cccc(c45)C3=O)cc2)cc1. The molecule has 1 aliphatic rings. The van der Waals surface area contributed by atoms with Gasteiger partial charge in [0.25, 0.3) is 11.8 Å². The molecular formula is C32H24N2O4. The summed E-state index contributed by atoms with van der Waals surface area (Å²) in [4.78, 5) is 30.3. The molecule has 5 aromatic rings. The Hall–Kier alpha value is -5.10. The zero-order valence-electron chi connectivity index (χ0n) is 20.9. The van der Waals surface area contributed by atoms with Crippen LogP contribution in [0.2, 0.25) is 0 Å². The van der Waals surface area contributed by atoms with Crippen LogP contribution in [0.1, 0.15) is 20.7 Å². The second-order valence-electron chi connectivity index (χ2n) is 8.90. The van der Waals surface area contributed by atoms with Crippen molar-refractivity contribution in [1.82, 2.24) is 0 Å². The molecule has 0 fully saturated rings. The zero-order valence-corrected chi connectivity index (χ0v) is 20.9. The predicted octanol–water partition coefficient (Wildman–Crippen LogP) is 7.13. The maximum atomic E-state index is 13.5. The van der Waals surface area contributed by atoms with Gasteiger partial charge in [0.15, 0.2) is 0 Å². The number of nitrogens with zero attached hydrogens (tertiary/aromatic N) is 2. The molecule has 0 unspecified atom stereocenters. The summed E-state index contributed by atoms with van der Waals surface area (Å²) in [6, 6.07) is 34.0. The van der Waals surface area contributed by atoms with E-state index in [0.717, 1.165) is 33.9 Å². The molecule has 0 aliphatic carbocycles. The minimum Gasteiger partial charge on any atom is -0.497 e. The summed E-state index contributed by atoms with van der Waals surface area (Å²) in [6.07, 6.45) is 0. The van der Waals surface area contributed by atoms with E-state index in [-0.39, 0.29) is 11.8 Å². The molecule has 6 nitrogen and oxygen atoms in total. The molecule has 2 amide bonds. The highest BCUT2D eigenvalue weighted by Crippen LogP contribution is 2.38. The van der Waals surface area contributed by atoms with Gasteiger partial charge in [0.05, 0.1) is 19.9 Å². The molecule has 0 radical (unpaired) electrons. The van der Waals surface area contributed by atoms with Gasteiger partial charge in [0, 0.05) is 33.6 Å². The third-order valence-electron chi connectivity index (χ3n) is 6.80. The zero-order chi connectivity index (χ0) is 26.2. The van der Waals surface area contributed by atoms with E-state index in [4.69, 9.17) is 9.47 Å². The largest absolute Gasteiger partial charge is 0.497 e. The molecule has 5 aromatic carbocycles. The Labute approximate surface area is 220 Å². The van der Waals surface area contributed by atoms with Crippen molar-refractivity contribution in [2.75, 3.05) is 24.0 Å². The van der Waals surface area contributed by atoms with Crippen molar-refractivity contribution < 1.29 is 19.1 Å². The summed E-state index contributed by atoms with van der Waals surface area (Å²) >= 11 is 0. The molecule has 0 saturated carbocycles. The van der Waals surface area contributed by atoms with E-state index in [9.17, 15) is 9.59 Å². The number of amides is 2. The van der Waals surface area contributed by atoms with Gasteiger partial charge in [-0.2, -0.15) is 0 Å². The molecule has 0 aromatic heterocycles. The molecule has 6 rings (SSSR count). The minimum atomic E-state index is -0.325. The summed E-state index contributed by atoms with van der Waals surface area (Å²) in [5, 5.41) is 1.59. The van der Waals surface area contributed by atoms with Crippen LogP contribution in [0.4, 0.5) is 22.7 Å².